The van der Waals surface area contributed by atoms with E-state index in [2.05, 4.69) is 15.6 Å². The maximum Gasteiger partial charge on any atom is 0.225 e. The molecule has 0 spiro atoms. The molecule has 1 atom stereocenters. The Balaban J connectivity index is 1.67. The lowest BCUT2D eigenvalue weighted by molar-refractivity contribution is -0.126. The average molecular weight is 329 g/mol. The van der Waals surface area contributed by atoms with Crippen LogP contribution in [0.15, 0.2) is 42.6 Å². The van der Waals surface area contributed by atoms with Crippen molar-refractivity contribution in [2.24, 2.45) is 5.92 Å². The molecule has 3 rings (SSSR count). The Morgan fingerprint density at radius 3 is 2.92 bits per heavy atom. The number of benzene rings is 1. The molecule has 1 fully saturated rings. The van der Waals surface area contributed by atoms with Gasteiger partial charge in [-0.05, 0) is 18.2 Å². The third kappa shape index (κ3) is 3.68. The van der Waals surface area contributed by atoms with Crippen molar-refractivity contribution in [3.05, 3.63) is 54.0 Å². The minimum atomic E-state index is -0.492. The van der Waals surface area contributed by atoms with Gasteiger partial charge in [0.1, 0.15) is 0 Å². The lowest BCUT2D eigenvalue weighted by Gasteiger charge is -2.12. The van der Waals surface area contributed by atoms with Crippen LogP contribution in [0.3, 0.4) is 0 Å². The number of ether oxygens (including phenoxy) is 1. The van der Waals surface area contributed by atoms with Gasteiger partial charge in [-0.1, -0.05) is 18.2 Å². The first-order valence-corrected chi connectivity index (χ1v) is 7.54. The normalized spacial score (nSPS) is 16.5. The molecule has 7 heteroatoms. The van der Waals surface area contributed by atoms with E-state index in [9.17, 15) is 14.0 Å². The van der Waals surface area contributed by atoms with E-state index in [0.29, 0.717) is 12.1 Å². The van der Waals surface area contributed by atoms with Gasteiger partial charge in [0, 0.05) is 31.3 Å². The number of para-hydroxylation sites is 1. The fourth-order valence-electron chi connectivity index (χ4n) is 2.40. The number of nitrogens with zero attached hydrogens (tertiary/aromatic N) is 1. The maximum absolute atomic E-state index is 13.7. The Morgan fingerprint density at radius 2 is 2.17 bits per heavy atom. The van der Waals surface area contributed by atoms with Crippen LogP contribution in [0.1, 0.15) is 12.0 Å². The fraction of sp³-hybridized carbons (Fsp3) is 0.235. The Kier molecular flexibility index (Phi) is 4.69. The van der Waals surface area contributed by atoms with Crippen LogP contribution in [0.4, 0.5) is 4.39 Å². The second-order valence-electron chi connectivity index (χ2n) is 5.42. The molecule has 124 valence electrons. The second-order valence-corrected chi connectivity index (χ2v) is 5.42. The molecule has 6 nitrogen and oxygen atoms in total. The van der Waals surface area contributed by atoms with Crippen LogP contribution < -0.4 is 15.4 Å². The van der Waals surface area contributed by atoms with E-state index in [-0.39, 0.29) is 42.3 Å². The molecule has 1 aliphatic rings. The quantitative estimate of drug-likeness (QED) is 0.876. The topological polar surface area (TPSA) is 80.3 Å². The summed E-state index contributed by atoms with van der Waals surface area (Å²) < 4.78 is 19.2. The van der Waals surface area contributed by atoms with Crippen molar-refractivity contribution in [1.29, 1.82) is 0 Å². The number of nitrogens with one attached hydrogen (secondary N) is 2. The van der Waals surface area contributed by atoms with Gasteiger partial charge in [0.15, 0.2) is 11.6 Å². The van der Waals surface area contributed by atoms with Gasteiger partial charge in [-0.2, -0.15) is 0 Å². The summed E-state index contributed by atoms with van der Waals surface area (Å²) in [5.41, 5.74) is 0.617. The summed E-state index contributed by atoms with van der Waals surface area (Å²) in [6.07, 6.45) is 1.72. The molecule has 0 saturated carbocycles. The standard InChI is InChI=1S/C17H16FN3O3/c18-13-5-1-2-6-14(13)24-17-11(4-3-7-19-17)9-21-16(23)12-8-15(22)20-10-12/h1-7,12H,8-10H2,(H,20,22)(H,21,23). The Morgan fingerprint density at radius 1 is 1.33 bits per heavy atom. The maximum atomic E-state index is 13.7. The van der Waals surface area contributed by atoms with E-state index in [0.717, 1.165) is 0 Å². The molecule has 0 bridgehead atoms. The van der Waals surface area contributed by atoms with Crippen molar-refractivity contribution >= 4 is 11.8 Å². The van der Waals surface area contributed by atoms with Crippen LogP contribution in [0, 0.1) is 11.7 Å². The van der Waals surface area contributed by atoms with Gasteiger partial charge in [-0.25, -0.2) is 9.37 Å². The Labute approximate surface area is 138 Å². The van der Waals surface area contributed by atoms with Gasteiger partial charge < -0.3 is 15.4 Å². The van der Waals surface area contributed by atoms with Gasteiger partial charge in [0.25, 0.3) is 0 Å². The van der Waals surface area contributed by atoms with E-state index in [1.54, 1.807) is 24.3 Å². The minimum absolute atomic E-state index is 0.0642. The van der Waals surface area contributed by atoms with Crippen LogP contribution >= 0.6 is 0 Å². The zero-order valence-corrected chi connectivity index (χ0v) is 12.8. The number of hydrogen-bond acceptors (Lipinski definition) is 4. The summed E-state index contributed by atoms with van der Waals surface area (Å²) in [5, 5.41) is 5.38. The third-order valence-corrected chi connectivity index (χ3v) is 3.69. The molecule has 0 aliphatic carbocycles. The largest absolute Gasteiger partial charge is 0.436 e. The number of carbonyl (C=O) groups is 2. The average Bonchev–Trinajstić information content (AvgIpc) is 3.02. The summed E-state index contributed by atoms with van der Waals surface area (Å²) >= 11 is 0. The van der Waals surface area contributed by atoms with E-state index < -0.39 is 5.82 Å². The first-order chi connectivity index (χ1) is 11.6. The number of rotatable bonds is 5. The highest BCUT2D eigenvalue weighted by Gasteiger charge is 2.27. The van der Waals surface area contributed by atoms with Crippen LogP contribution in [0.5, 0.6) is 11.6 Å². The van der Waals surface area contributed by atoms with Gasteiger partial charge in [-0.15, -0.1) is 0 Å². The summed E-state index contributed by atoms with van der Waals surface area (Å²) in [6.45, 7) is 0.525. The van der Waals surface area contributed by atoms with E-state index in [4.69, 9.17) is 4.74 Å². The molecule has 2 aromatic rings. The molecule has 1 aliphatic heterocycles. The Bertz CT molecular complexity index is 766. The molecule has 1 aromatic carbocycles. The highest BCUT2D eigenvalue weighted by Crippen LogP contribution is 2.25. The molecular formula is C17H16FN3O3. The molecule has 2 heterocycles. The van der Waals surface area contributed by atoms with Crippen molar-refractivity contribution < 1.29 is 18.7 Å². The molecule has 2 N–H and O–H groups in total. The zero-order valence-electron chi connectivity index (χ0n) is 12.8. The van der Waals surface area contributed by atoms with Crippen molar-refractivity contribution in [3.63, 3.8) is 0 Å². The summed E-state index contributed by atoms with van der Waals surface area (Å²) in [7, 11) is 0. The van der Waals surface area contributed by atoms with E-state index in [1.807, 2.05) is 0 Å². The highest BCUT2D eigenvalue weighted by atomic mass is 19.1. The molecule has 1 aromatic heterocycles. The SMILES string of the molecule is O=C1CC(C(=O)NCc2cccnc2Oc2ccccc2F)CN1. The summed E-state index contributed by atoms with van der Waals surface area (Å²) in [6, 6.07) is 9.47. The van der Waals surface area contributed by atoms with Crippen molar-refractivity contribution in [2.45, 2.75) is 13.0 Å². The fourth-order valence-corrected chi connectivity index (χ4v) is 2.40. The number of pyridine rings is 1. The monoisotopic (exact) mass is 329 g/mol. The molecule has 1 saturated heterocycles. The molecule has 24 heavy (non-hydrogen) atoms. The van der Waals surface area contributed by atoms with Crippen molar-refractivity contribution in [2.75, 3.05) is 6.54 Å². The third-order valence-electron chi connectivity index (χ3n) is 3.69. The second kappa shape index (κ2) is 7.08. The number of amides is 2. The lowest BCUT2D eigenvalue weighted by Crippen LogP contribution is -2.31. The number of halogens is 1. The van der Waals surface area contributed by atoms with Crippen LogP contribution in [-0.2, 0) is 16.1 Å². The van der Waals surface area contributed by atoms with Crippen molar-refractivity contribution in [3.8, 4) is 11.6 Å². The lowest BCUT2D eigenvalue weighted by atomic mass is 10.1. The van der Waals surface area contributed by atoms with Crippen molar-refractivity contribution in [1.82, 2.24) is 15.6 Å². The van der Waals surface area contributed by atoms with Crippen LogP contribution in [0.25, 0.3) is 0 Å². The summed E-state index contributed by atoms with van der Waals surface area (Å²) in [4.78, 5) is 27.3. The molecule has 0 radical (unpaired) electrons. The van der Waals surface area contributed by atoms with Gasteiger partial charge in [0.2, 0.25) is 17.7 Å². The van der Waals surface area contributed by atoms with E-state index in [1.165, 1.54) is 18.3 Å². The zero-order chi connectivity index (χ0) is 16.9. The first-order valence-electron chi connectivity index (χ1n) is 7.54. The number of hydrogen-bond donors (Lipinski definition) is 2. The minimum Gasteiger partial charge on any atom is -0.436 e. The predicted molar refractivity (Wildman–Crippen MR) is 83.7 cm³/mol. The molecule has 2 amide bonds. The van der Waals surface area contributed by atoms with Crippen LogP contribution in [0.2, 0.25) is 0 Å². The first kappa shape index (κ1) is 15.9. The number of carbonyl (C=O) groups excluding carboxylic acids is 2. The van der Waals surface area contributed by atoms with Gasteiger partial charge in [-0.3, -0.25) is 9.59 Å². The molecule has 1 unspecified atom stereocenters. The van der Waals surface area contributed by atoms with E-state index >= 15 is 0 Å². The summed E-state index contributed by atoms with van der Waals surface area (Å²) in [5.74, 6) is -0.911. The highest BCUT2D eigenvalue weighted by molar-refractivity contribution is 5.89. The van der Waals surface area contributed by atoms with Gasteiger partial charge in [0.05, 0.1) is 5.92 Å². The van der Waals surface area contributed by atoms with Gasteiger partial charge >= 0.3 is 0 Å². The Hall–Kier alpha value is -2.96. The van der Waals surface area contributed by atoms with Crippen LogP contribution in [-0.4, -0.2) is 23.3 Å². The smallest absolute Gasteiger partial charge is 0.225 e. The number of aromatic nitrogens is 1. The predicted octanol–water partition coefficient (Wildman–Crippen LogP) is 1.77. The molecular weight excluding hydrogens is 313 g/mol.